The normalized spacial score (nSPS) is 17.3. The van der Waals surface area contributed by atoms with Crippen molar-refractivity contribution in [2.24, 2.45) is 5.73 Å². The Labute approximate surface area is 154 Å². The van der Waals surface area contributed by atoms with Gasteiger partial charge in [-0.15, -0.1) is 0 Å². The first-order valence-electron chi connectivity index (χ1n) is 8.77. The second-order valence-electron chi connectivity index (χ2n) is 6.43. The molecule has 1 aromatic heterocycles. The van der Waals surface area contributed by atoms with Crippen molar-refractivity contribution in [3.8, 4) is 0 Å². The Bertz CT molecular complexity index is 831. The molecule has 9 heteroatoms. The fourth-order valence-corrected chi connectivity index (χ4v) is 3.40. The van der Waals surface area contributed by atoms with E-state index < -0.39 is 10.0 Å². The summed E-state index contributed by atoms with van der Waals surface area (Å²) in [6.45, 7) is 4.66. The fourth-order valence-electron chi connectivity index (χ4n) is 2.92. The second kappa shape index (κ2) is 9.54. The van der Waals surface area contributed by atoms with Gasteiger partial charge in [-0.05, 0) is 18.9 Å². The first kappa shape index (κ1) is 20.2. The van der Waals surface area contributed by atoms with Gasteiger partial charge in [-0.25, -0.2) is 23.1 Å². The predicted octanol–water partition coefficient (Wildman–Crippen LogP) is -0.649. The van der Waals surface area contributed by atoms with E-state index >= 15 is 0 Å². The Morgan fingerprint density at radius 2 is 2.04 bits per heavy atom. The average Bonchev–Trinajstić information content (AvgIpc) is 2.60. The standard InChI is InChI=1S/C17H28N6O2S/c1-13(19-8-9-22-26(2,24)25)10-15-16(11-18)20-12-21-17(15)23-14-6-4-3-5-7-14/h10-12,14,19,22H,1,3-9,18H2,2H3,(H,20,21,23)/b15-10+,16-11+. The van der Waals surface area contributed by atoms with Crippen LogP contribution < -0.4 is 31.7 Å². The van der Waals surface area contributed by atoms with Crippen molar-refractivity contribution >= 4 is 28.1 Å². The highest BCUT2D eigenvalue weighted by Crippen LogP contribution is 2.19. The van der Waals surface area contributed by atoms with Crippen LogP contribution in [0.5, 0.6) is 0 Å². The molecule has 0 unspecified atom stereocenters. The SMILES string of the molecule is C=C(/C=c1/c(NC2CCCCC2)ncn/c1=C/N)NCCNS(C)(=O)=O. The number of hydrogen-bond acceptors (Lipinski definition) is 7. The molecule has 1 aromatic rings. The van der Waals surface area contributed by atoms with Gasteiger partial charge in [0, 0.05) is 36.2 Å². The Kier molecular flexibility index (Phi) is 7.40. The third-order valence-electron chi connectivity index (χ3n) is 4.18. The Hall–Kier alpha value is -2.13. The molecule has 0 atom stereocenters. The van der Waals surface area contributed by atoms with E-state index in [1.807, 2.05) is 6.08 Å². The summed E-state index contributed by atoms with van der Waals surface area (Å²) >= 11 is 0. The number of anilines is 1. The summed E-state index contributed by atoms with van der Waals surface area (Å²) in [5.74, 6) is 0.737. The summed E-state index contributed by atoms with van der Waals surface area (Å²) in [6, 6.07) is 0.400. The van der Waals surface area contributed by atoms with Gasteiger partial charge in [-0.2, -0.15) is 0 Å². The van der Waals surface area contributed by atoms with Gasteiger partial charge in [-0.1, -0.05) is 25.8 Å². The molecule has 26 heavy (non-hydrogen) atoms. The summed E-state index contributed by atoms with van der Waals surface area (Å²) in [6.07, 6.45) is 11.9. The number of sulfonamides is 1. The van der Waals surface area contributed by atoms with E-state index in [4.69, 9.17) is 5.73 Å². The zero-order valence-electron chi connectivity index (χ0n) is 15.2. The van der Waals surface area contributed by atoms with Crippen molar-refractivity contribution in [3.05, 3.63) is 29.2 Å². The maximum atomic E-state index is 11.1. The van der Waals surface area contributed by atoms with Crippen LogP contribution in [0.4, 0.5) is 5.82 Å². The highest BCUT2D eigenvalue weighted by atomic mass is 32.2. The molecule has 0 radical (unpaired) electrons. The maximum Gasteiger partial charge on any atom is 0.208 e. The van der Waals surface area contributed by atoms with Gasteiger partial charge in [0.25, 0.3) is 0 Å². The summed E-state index contributed by atoms with van der Waals surface area (Å²) in [7, 11) is -3.20. The minimum atomic E-state index is -3.20. The Morgan fingerprint density at radius 3 is 2.69 bits per heavy atom. The lowest BCUT2D eigenvalue weighted by atomic mass is 9.95. The lowest BCUT2D eigenvalue weighted by Crippen LogP contribution is -2.37. The van der Waals surface area contributed by atoms with Crippen LogP contribution in [0.3, 0.4) is 0 Å². The number of nitrogens with two attached hydrogens (primary N) is 1. The van der Waals surface area contributed by atoms with Gasteiger partial charge < -0.3 is 16.4 Å². The quantitative estimate of drug-likeness (QED) is 0.442. The summed E-state index contributed by atoms with van der Waals surface area (Å²) < 4.78 is 24.6. The van der Waals surface area contributed by atoms with Crippen molar-refractivity contribution < 1.29 is 8.42 Å². The molecule has 0 saturated heterocycles. The van der Waals surface area contributed by atoms with Crippen LogP contribution in [-0.4, -0.2) is 43.8 Å². The van der Waals surface area contributed by atoms with Gasteiger partial charge in [0.2, 0.25) is 10.0 Å². The van der Waals surface area contributed by atoms with E-state index in [-0.39, 0.29) is 6.54 Å². The number of allylic oxidation sites excluding steroid dienone is 1. The van der Waals surface area contributed by atoms with E-state index in [0.29, 0.717) is 23.6 Å². The van der Waals surface area contributed by atoms with Gasteiger partial charge >= 0.3 is 0 Å². The molecule has 1 aliphatic rings. The molecule has 0 amide bonds. The lowest BCUT2D eigenvalue weighted by Gasteiger charge is -2.23. The largest absolute Gasteiger partial charge is 0.403 e. The molecule has 1 fully saturated rings. The molecule has 0 aromatic carbocycles. The molecule has 1 saturated carbocycles. The van der Waals surface area contributed by atoms with Crippen LogP contribution in [-0.2, 0) is 10.0 Å². The number of nitrogens with zero attached hydrogens (tertiary/aromatic N) is 2. The molecule has 0 spiro atoms. The lowest BCUT2D eigenvalue weighted by molar-refractivity contribution is 0.461. The third kappa shape index (κ3) is 6.64. The molecule has 1 aliphatic carbocycles. The number of nitrogens with one attached hydrogen (secondary N) is 3. The molecular formula is C17H28N6O2S. The zero-order valence-corrected chi connectivity index (χ0v) is 16.0. The van der Waals surface area contributed by atoms with E-state index in [2.05, 4.69) is 31.9 Å². The van der Waals surface area contributed by atoms with Crippen LogP contribution in [0.2, 0.25) is 0 Å². The number of aromatic nitrogens is 2. The van der Waals surface area contributed by atoms with E-state index in [0.717, 1.165) is 30.1 Å². The predicted molar refractivity (Wildman–Crippen MR) is 105 cm³/mol. The van der Waals surface area contributed by atoms with Crippen molar-refractivity contribution in [2.45, 2.75) is 38.1 Å². The van der Waals surface area contributed by atoms with E-state index in [1.54, 1.807) is 0 Å². The van der Waals surface area contributed by atoms with Gasteiger partial charge in [0.1, 0.15) is 12.1 Å². The monoisotopic (exact) mass is 380 g/mol. The number of rotatable bonds is 8. The van der Waals surface area contributed by atoms with Gasteiger partial charge in [0.15, 0.2) is 0 Å². The molecule has 0 bridgehead atoms. The van der Waals surface area contributed by atoms with Gasteiger partial charge in [0.05, 0.1) is 11.6 Å². The van der Waals surface area contributed by atoms with Crippen LogP contribution in [0.15, 0.2) is 18.6 Å². The fraction of sp³-hybridized carbons (Fsp3) is 0.529. The first-order valence-corrected chi connectivity index (χ1v) is 10.7. The summed E-state index contributed by atoms with van der Waals surface area (Å²) in [4.78, 5) is 8.58. The zero-order chi connectivity index (χ0) is 19.0. The highest BCUT2D eigenvalue weighted by molar-refractivity contribution is 7.88. The second-order valence-corrected chi connectivity index (χ2v) is 8.26. The van der Waals surface area contributed by atoms with Gasteiger partial charge in [-0.3, -0.25) is 0 Å². The topological polar surface area (TPSA) is 122 Å². The van der Waals surface area contributed by atoms with Crippen LogP contribution in [0.25, 0.3) is 12.3 Å². The summed E-state index contributed by atoms with van der Waals surface area (Å²) in [5, 5.41) is 7.96. The maximum absolute atomic E-state index is 11.1. The Morgan fingerprint density at radius 1 is 1.31 bits per heavy atom. The average molecular weight is 381 g/mol. The molecule has 5 N–H and O–H groups in total. The number of hydrogen-bond donors (Lipinski definition) is 4. The highest BCUT2D eigenvalue weighted by Gasteiger charge is 2.14. The third-order valence-corrected chi connectivity index (χ3v) is 4.91. The van der Waals surface area contributed by atoms with Crippen molar-refractivity contribution in [1.29, 1.82) is 0 Å². The van der Waals surface area contributed by atoms with Crippen LogP contribution >= 0.6 is 0 Å². The van der Waals surface area contributed by atoms with Crippen molar-refractivity contribution in [2.75, 3.05) is 24.7 Å². The summed E-state index contributed by atoms with van der Waals surface area (Å²) in [5.41, 5.74) is 6.34. The Balaban J connectivity index is 2.12. The van der Waals surface area contributed by atoms with Crippen LogP contribution in [0, 0.1) is 0 Å². The van der Waals surface area contributed by atoms with Crippen molar-refractivity contribution in [3.63, 3.8) is 0 Å². The molecule has 1 heterocycles. The minimum absolute atomic E-state index is 0.278. The smallest absolute Gasteiger partial charge is 0.208 e. The molecule has 2 rings (SSSR count). The van der Waals surface area contributed by atoms with Crippen molar-refractivity contribution in [1.82, 2.24) is 20.0 Å². The molecule has 8 nitrogen and oxygen atoms in total. The van der Waals surface area contributed by atoms with E-state index in [9.17, 15) is 8.42 Å². The van der Waals surface area contributed by atoms with Crippen LogP contribution in [0.1, 0.15) is 32.1 Å². The first-order chi connectivity index (χ1) is 12.4. The molecule has 144 valence electrons. The van der Waals surface area contributed by atoms with E-state index in [1.165, 1.54) is 31.8 Å². The minimum Gasteiger partial charge on any atom is -0.403 e. The molecule has 0 aliphatic heterocycles. The molecular weight excluding hydrogens is 352 g/mol.